The topological polar surface area (TPSA) is 85.4 Å². The zero-order valence-electron chi connectivity index (χ0n) is 17.3. The fourth-order valence-corrected chi connectivity index (χ4v) is 3.96. The molecule has 1 aliphatic heterocycles. The number of benzene rings is 1. The summed E-state index contributed by atoms with van der Waals surface area (Å²) in [6.07, 6.45) is 0.327. The third-order valence-corrected chi connectivity index (χ3v) is 5.74. The Balaban J connectivity index is 1.63. The van der Waals surface area contributed by atoms with Crippen LogP contribution in [-0.2, 0) is 16.1 Å². The van der Waals surface area contributed by atoms with Gasteiger partial charge in [-0.25, -0.2) is 4.39 Å². The van der Waals surface area contributed by atoms with Crippen LogP contribution in [0.5, 0.6) is 0 Å². The molecule has 2 fully saturated rings. The average molecular weight is 416 g/mol. The highest BCUT2D eigenvalue weighted by molar-refractivity contribution is 5.82. The number of nitrogens with one attached hydrogen (secondary N) is 1. The molecule has 8 heteroatoms. The lowest BCUT2D eigenvalue weighted by Crippen LogP contribution is -2.50. The molecule has 3 atom stereocenters. The van der Waals surface area contributed by atoms with Crippen LogP contribution in [-0.4, -0.2) is 65.1 Å². The fraction of sp³-hybridized carbons (Fsp3) is 0.545. The Morgan fingerprint density at radius 2 is 2.17 bits per heavy atom. The predicted octanol–water partition coefficient (Wildman–Crippen LogP) is 1.89. The number of halogens is 1. The Labute approximate surface area is 176 Å². The van der Waals surface area contributed by atoms with E-state index in [1.54, 1.807) is 4.68 Å². The highest BCUT2D eigenvalue weighted by atomic mass is 19.1. The van der Waals surface area contributed by atoms with Crippen LogP contribution in [0.2, 0.25) is 0 Å². The van der Waals surface area contributed by atoms with Crippen LogP contribution in [0.15, 0.2) is 36.4 Å². The van der Waals surface area contributed by atoms with Crippen molar-refractivity contribution in [3.63, 3.8) is 0 Å². The molecule has 1 aromatic heterocycles. The molecule has 0 spiro atoms. The number of amides is 1. The fourth-order valence-electron chi connectivity index (χ4n) is 3.96. The quantitative estimate of drug-likeness (QED) is 0.688. The summed E-state index contributed by atoms with van der Waals surface area (Å²) in [5.74, 6) is -0.00154. The highest BCUT2D eigenvalue weighted by Crippen LogP contribution is 2.36. The summed E-state index contributed by atoms with van der Waals surface area (Å²) in [4.78, 5) is 15.1. The minimum atomic E-state index is -1.18. The first-order valence-electron chi connectivity index (χ1n) is 10.7. The number of nitrogens with zero attached hydrogens (tertiary/aromatic N) is 3. The van der Waals surface area contributed by atoms with Crippen molar-refractivity contribution < 1.29 is 13.9 Å². The Kier molecular flexibility index (Phi) is 6.46. The highest BCUT2D eigenvalue weighted by Gasteiger charge is 2.40. The number of aromatic nitrogens is 2. The van der Waals surface area contributed by atoms with E-state index in [-0.39, 0.29) is 31.1 Å². The Morgan fingerprint density at radius 3 is 2.80 bits per heavy atom. The number of hydrogen-bond donors (Lipinski definition) is 2. The normalized spacial score (nSPS) is 21.2. The van der Waals surface area contributed by atoms with Crippen LogP contribution in [0.1, 0.15) is 31.5 Å². The van der Waals surface area contributed by atoms with Gasteiger partial charge in [0, 0.05) is 25.7 Å². The summed E-state index contributed by atoms with van der Waals surface area (Å²) in [5, 5.41) is 7.93. The molecule has 4 rings (SSSR count). The lowest BCUT2D eigenvalue weighted by atomic mass is 10.1. The predicted molar refractivity (Wildman–Crippen MR) is 113 cm³/mol. The first-order chi connectivity index (χ1) is 14.6. The number of rotatable bonds is 8. The van der Waals surface area contributed by atoms with Crippen LogP contribution in [0.3, 0.4) is 0 Å². The van der Waals surface area contributed by atoms with Crippen molar-refractivity contribution in [2.45, 2.75) is 50.7 Å². The van der Waals surface area contributed by atoms with Gasteiger partial charge in [0.25, 0.3) is 5.91 Å². The maximum atomic E-state index is 14.1. The van der Waals surface area contributed by atoms with E-state index in [0.717, 1.165) is 36.3 Å². The van der Waals surface area contributed by atoms with Gasteiger partial charge in [-0.05, 0) is 31.4 Å². The molecule has 3 N–H and O–H groups in total. The molecule has 1 saturated carbocycles. The Hall–Kier alpha value is -2.29. The van der Waals surface area contributed by atoms with Gasteiger partial charge in [0.05, 0.1) is 30.6 Å². The minimum absolute atomic E-state index is 0.00154. The number of nitrogens with two attached hydrogens (primary N) is 1. The molecule has 0 bridgehead atoms. The largest absolute Gasteiger partial charge is 0.366 e. The van der Waals surface area contributed by atoms with Gasteiger partial charge in [-0.1, -0.05) is 30.3 Å². The van der Waals surface area contributed by atoms with Gasteiger partial charge < -0.3 is 20.7 Å². The molecule has 1 aromatic carbocycles. The SMILES string of the molecule is C[C@H](c1cc(-c2ccccc2)n(CC(F)CN)n1)N(C(=O)[C@H]1CNCCO1)C1CC1. The van der Waals surface area contributed by atoms with Crippen LogP contribution < -0.4 is 11.1 Å². The van der Waals surface area contributed by atoms with Crippen molar-refractivity contribution in [2.75, 3.05) is 26.2 Å². The first-order valence-corrected chi connectivity index (χ1v) is 10.7. The summed E-state index contributed by atoms with van der Waals surface area (Å²) in [6.45, 7) is 3.84. The van der Waals surface area contributed by atoms with Gasteiger partial charge in [0.1, 0.15) is 12.3 Å². The van der Waals surface area contributed by atoms with Crippen molar-refractivity contribution >= 4 is 5.91 Å². The molecule has 2 aliphatic rings. The number of hydrogen-bond acceptors (Lipinski definition) is 5. The van der Waals surface area contributed by atoms with E-state index in [2.05, 4.69) is 5.32 Å². The second-order valence-electron chi connectivity index (χ2n) is 8.05. The Bertz CT molecular complexity index is 848. The summed E-state index contributed by atoms with van der Waals surface area (Å²) in [6, 6.07) is 11.7. The van der Waals surface area contributed by atoms with E-state index < -0.39 is 12.3 Å². The molecule has 2 aromatic rings. The Morgan fingerprint density at radius 1 is 1.40 bits per heavy atom. The zero-order valence-corrected chi connectivity index (χ0v) is 17.3. The molecule has 1 saturated heterocycles. The molecule has 7 nitrogen and oxygen atoms in total. The van der Waals surface area contributed by atoms with Gasteiger partial charge in [-0.15, -0.1) is 0 Å². The smallest absolute Gasteiger partial charge is 0.253 e. The van der Waals surface area contributed by atoms with Gasteiger partial charge in [0.2, 0.25) is 0 Å². The molecule has 2 heterocycles. The number of carbonyl (C=O) groups is 1. The first kappa shape index (κ1) is 21.0. The monoisotopic (exact) mass is 415 g/mol. The zero-order chi connectivity index (χ0) is 21.1. The maximum absolute atomic E-state index is 14.1. The van der Waals surface area contributed by atoms with Crippen LogP contribution in [0.4, 0.5) is 4.39 Å². The molecule has 30 heavy (non-hydrogen) atoms. The van der Waals surface area contributed by atoms with E-state index in [0.29, 0.717) is 13.2 Å². The molecular formula is C22H30FN5O2. The standard InChI is InChI=1S/C22H30FN5O2/c1-15(28(18-7-8-18)22(29)21-13-25-9-10-30-21)19-11-20(16-5-3-2-4-6-16)27(26-19)14-17(23)12-24/h2-6,11,15,17-18,21,25H,7-10,12-14,24H2,1H3/t15-,17?,21-/m1/s1. The second kappa shape index (κ2) is 9.24. The van der Waals surface area contributed by atoms with E-state index in [4.69, 9.17) is 15.6 Å². The van der Waals surface area contributed by atoms with Gasteiger partial charge in [-0.2, -0.15) is 5.10 Å². The molecule has 162 valence electrons. The van der Waals surface area contributed by atoms with E-state index >= 15 is 0 Å². The number of alkyl halides is 1. The van der Waals surface area contributed by atoms with E-state index in [1.165, 1.54) is 0 Å². The lowest BCUT2D eigenvalue weighted by molar-refractivity contribution is -0.148. The average Bonchev–Trinajstić information content (AvgIpc) is 3.53. The lowest BCUT2D eigenvalue weighted by Gasteiger charge is -2.33. The van der Waals surface area contributed by atoms with Crippen molar-refractivity contribution in [2.24, 2.45) is 5.73 Å². The number of morpholine rings is 1. The molecule has 0 radical (unpaired) electrons. The van der Waals surface area contributed by atoms with Crippen LogP contribution in [0, 0.1) is 0 Å². The van der Waals surface area contributed by atoms with Crippen LogP contribution in [0.25, 0.3) is 11.3 Å². The maximum Gasteiger partial charge on any atom is 0.253 e. The summed E-state index contributed by atoms with van der Waals surface area (Å²) < 4.78 is 21.5. The van der Waals surface area contributed by atoms with Crippen molar-refractivity contribution in [1.29, 1.82) is 0 Å². The van der Waals surface area contributed by atoms with Crippen LogP contribution >= 0.6 is 0 Å². The van der Waals surface area contributed by atoms with Gasteiger partial charge >= 0.3 is 0 Å². The number of ether oxygens (including phenoxy) is 1. The third-order valence-electron chi connectivity index (χ3n) is 5.74. The van der Waals surface area contributed by atoms with Gasteiger partial charge in [0.15, 0.2) is 0 Å². The van der Waals surface area contributed by atoms with E-state index in [1.807, 2.05) is 48.2 Å². The number of carbonyl (C=O) groups excluding carboxylic acids is 1. The summed E-state index contributed by atoms with van der Waals surface area (Å²) >= 11 is 0. The van der Waals surface area contributed by atoms with Crippen molar-refractivity contribution in [3.05, 3.63) is 42.1 Å². The van der Waals surface area contributed by atoms with Crippen molar-refractivity contribution in [3.8, 4) is 11.3 Å². The molecule has 1 unspecified atom stereocenters. The molecule has 1 amide bonds. The van der Waals surface area contributed by atoms with E-state index in [9.17, 15) is 9.18 Å². The minimum Gasteiger partial charge on any atom is -0.366 e. The molecule has 1 aliphatic carbocycles. The third kappa shape index (κ3) is 4.55. The summed E-state index contributed by atoms with van der Waals surface area (Å²) in [7, 11) is 0. The second-order valence-corrected chi connectivity index (χ2v) is 8.05. The van der Waals surface area contributed by atoms with Crippen molar-refractivity contribution in [1.82, 2.24) is 20.0 Å². The summed E-state index contributed by atoms with van der Waals surface area (Å²) in [5.41, 5.74) is 8.04. The molecular weight excluding hydrogens is 385 g/mol. The van der Waals surface area contributed by atoms with Gasteiger partial charge in [-0.3, -0.25) is 9.48 Å².